The second-order valence-electron chi connectivity index (χ2n) is 16.1. The molecule has 0 saturated carbocycles. The van der Waals surface area contributed by atoms with Crippen molar-refractivity contribution in [2.24, 2.45) is 0 Å². The minimum atomic E-state index is 1.13. The average Bonchev–Trinajstić information content (AvgIpc) is 3.64. The van der Waals surface area contributed by atoms with Crippen molar-refractivity contribution >= 4 is 104 Å². The number of anilines is 3. The second-order valence-corrected chi connectivity index (χ2v) is 16.1. The van der Waals surface area contributed by atoms with Crippen LogP contribution in [0, 0.1) is 0 Å². The van der Waals surface area contributed by atoms with E-state index in [-0.39, 0.29) is 0 Å². The summed E-state index contributed by atoms with van der Waals surface area (Å²) < 4.78 is 2.46. The first-order valence-electron chi connectivity index (χ1n) is 20.7. The van der Waals surface area contributed by atoms with E-state index in [1.54, 1.807) is 0 Å². The smallest absolute Gasteiger partial charge is 0.0553 e. The summed E-state index contributed by atoms with van der Waals surface area (Å²) in [5.74, 6) is 0. The van der Waals surface area contributed by atoms with E-state index in [0.29, 0.717) is 0 Å². The standard InChI is InChI=1S/C58H36N2/c1-3-14-46(15-4-1)59(48-26-22-37-10-7-8-11-40(37)33-48)49-27-31-51-44(34-49)20-19-43-32-41(24-28-50(43)51)42-25-29-52-54(35-42)60(47-16-5-2-6-17-47)55-36-45-21-18-38-12-9-13-39-23-30-53(58(52)55)57(45)56(38)39/h1-36H. The highest BCUT2D eigenvalue weighted by Gasteiger charge is 2.20. The largest absolute Gasteiger partial charge is 0.310 e. The predicted octanol–water partition coefficient (Wildman–Crippen LogP) is 16.3. The molecule has 0 saturated heterocycles. The zero-order valence-corrected chi connectivity index (χ0v) is 32.7. The summed E-state index contributed by atoms with van der Waals surface area (Å²) in [5.41, 5.74) is 9.42. The van der Waals surface area contributed by atoms with Crippen molar-refractivity contribution in [1.82, 2.24) is 4.57 Å². The summed E-state index contributed by atoms with van der Waals surface area (Å²) in [6.45, 7) is 0. The van der Waals surface area contributed by atoms with Gasteiger partial charge in [0, 0.05) is 33.5 Å². The Bertz CT molecular complexity index is 3810. The van der Waals surface area contributed by atoms with Crippen molar-refractivity contribution in [2.45, 2.75) is 0 Å². The van der Waals surface area contributed by atoms with E-state index in [9.17, 15) is 0 Å². The number of hydrogen-bond donors (Lipinski definition) is 0. The molecule has 0 atom stereocenters. The van der Waals surface area contributed by atoms with Gasteiger partial charge in [-0.2, -0.15) is 0 Å². The van der Waals surface area contributed by atoms with E-state index >= 15 is 0 Å². The van der Waals surface area contributed by atoms with Gasteiger partial charge in [-0.3, -0.25) is 0 Å². The number of aromatic nitrogens is 1. The van der Waals surface area contributed by atoms with Crippen LogP contribution >= 0.6 is 0 Å². The molecule has 13 aromatic rings. The number of fused-ring (bicyclic) bond motifs is 8. The zero-order chi connectivity index (χ0) is 39.3. The van der Waals surface area contributed by atoms with Crippen LogP contribution < -0.4 is 4.90 Å². The quantitative estimate of drug-likeness (QED) is 0.159. The first-order valence-corrected chi connectivity index (χ1v) is 20.7. The molecule has 2 heteroatoms. The third kappa shape index (κ3) is 4.95. The van der Waals surface area contributed by atoms with E-state index in [0.717, 1.165) is 17.1 Å². The summed E-state index contributed by atoms with van der Waals surface area (Å²) in [4.78, 5) is 2.36. The molecular formula is C58H36N2. The van der Waals surface area contributed by atoms with Gasteiger partial charge in [0.1, 0.15) is 0 Å². The highest BCUT2D eigenvalue weighted by atomic mass is 15.1. The van der Waals surface area contributed by atoms with Crippen molar-refractivity contribution in [3.63, 3.8) is 0 Å². The highest BCUT2D eigenvalue weighted by Crippen LogP contribution is 2.45. The number of benzene rings is 12. The van der Waals surface area contributed by atoms with E-state index in [2.05, 4.69) is 228 Å². The molecule has 0 N–H and O–H groups in total. The molecular weight excluding hydrogens is 725 g/mol. The molecule has 0 radical (unpaired) electrons. The molecule has 0 spiro atoms. The maximum absolute atomic E-state index is 2.46. The van der Waals surface area contributed by atoms with Crippen LogP contribution in [0.5, 0.6) is 0 Å². The molecule has 0 fully saturated rings. The predicted molar refractivity (Wildman–Crippen MR) is 257 cm³/mol. The lowest BCUT2D eigenvalue weighted by Gasteiger charge is -2.26. The number of hydrogen-bond acceptors (Lipinski definition) is 1. The molecule has 1 aromatic heterocycles. The van der Waals surface area contributed by atoms with Gasteiger partial charge in [0.2, 0.25) is 0 Å². The normalized spacial score (nSPS) is 12.0. The second kappa shape index (κ2) is 12.8. The zero-order valence-electron chi connectivity index (χ0n) is 32.7. The van der Waals surface area contributed by atoms with Gasteiger partial charge in [-0.05, 0) is 142 Å². The summed E-state index contributed by atoms with van der Waals surface area (Å²) >= 11 is 0. The Labute approximate surface area is 346 Å². The van der Waals surface area contributed by atoms with Crippen molar-refractivity contribution in [2.75, 3.05) is 4.90 Å². The van der Waals surface area contributed by atoms with Crippen molar-refractivity contribution in [1.29, 1.82) is 0 Å². The Morgan fingerprint density at radius 3 is 1.62 bits per heavy atom. The van der Waals surface area contributed by atoms with Gasteiger partial charge in [0.15, 0.2) is 0 Å². The Hall–Kier alpha value is -7.94. The van der Waals surface area contributed by atoms with Crippen molar-refractivity contribution in [3.05, 3.63) is 218 Å². The van der Waals surface area contributed by atoms with Crippen LogP contribution in [0.4, 0.5) is 17.1 Å². The maximum atomic E-state index is 2.46. The van der Waals surface area contributed by atoms with Crippen LogP contribution in [0.15, 0.2) is 218 Å². The first kappa shape index (κ1) is 33.1. The fourth-order valence-electron chi connectivity index (χ4n) is 10.1. The van der Waals surface area contributed by atoms with E-state index in [1.165, 1.54) is 103 Å². The molecule has 0 unspecified atom stereocenters. The third-order valence-corrected chi connectivity index (χ3v) is 12.8. The average molecular weight is 761 g/mol. The van der Waals surface area contributed by atoms with Crippen LogP contribution in [0.3, 0.4) is 0 Å². The Kier molecular flexibility index (Phi) is 7.05. The minimum absolute atomic E-state index is 1.13. The summed E-state index contributed by atoms with van der Waals surface area (Å²) in [6.07, 6.45) is 0. The van der Waals surface area contributed by atoms with Gasteiger partial charge in [-0.15, -0.1) is 0 Å². The molecule has 2 nitrogen and oxygen atoms in total. The van der Waals surface area contributed by atoms with E-state index in [4.69, 9.17) is 0 Å². The molecule has 13 rings (SSSR count). The molecule has 1 heterocycles. The lowest BCUT2D eigenvalue weighted by atomic mass is 9.92. The van der Waals surface area contributed by atoms with Gasteiger partial charge < -0.3 is 9.47 Å². The Morgan fingerprint density at radius 2 is 0.817 bits per heavy atom. The minimum Gasteiger partial charge on any atom is -0.310 e. The molecule has 60 heavy (non-hydrogen) atoms. The van der Waals surface area contributed by atoms with Crippen LogP contribution in [0.25, 0.3) is 103 Å². The van der Waals surface area contributed by atoms with Crippen LogP contribution in [0.1, 0.15) is 0 Å². The fraction of sp³-hybridized carbons (Fsp3) is 0. The Morgan fingerprint density at radius 1 is 0.267 bits per heavy atom. The van der Waals surface area contributed by atoms with Crippen LogP contribution in [-0.2, 0) is 0 Å². The summed E-state index contributed by atoms with van der Waals surface area (Å²) in [5, 5.41) is 17.9. The van der Waals surface area contributed by atoms with Gasteiger partial charge in [0.25, 0.3) is 0 Å². The number of nitrogens with zero attached hydrogens (tertiary/aromatic N) is 2. The monoisotopic (exact) mass is 760 g/mol. The summed E-state index contributed by atoms with van der Waals surface area (Å²) in [7, 11) is 0. The van der Waals surface area contributed by atoms with Crippen molar-refractivity contribution in [3.8, 4) is 16.8 Å². The van der Waals surface area contributed by atoms with E-state index in [1.807, 2.05) is 0 Å². The third-order valence-electron chi connectivity index (χ3n) is 12.8. The lowest BCUT2D eigenvalue weighted by Crippen LogP contribution is -2.09. The van der Waals surface area contributed by atoms with Gasteiger partial charge in [-0.25, -0.2) is 0 Å². The fourth-order valence-corrected chi connectivity index (χ4v) is 10.1. The molecule has 0 amide bonds. The van der Waals surface area contributed by atoms with Crippen molar-refractivity contribution < 1.29 is 0 Å². The molecule has 0 bridgehead atoms. The van der Waals surface area contributed by atoms with Gasteiger partial charge in [0.05, 0.1) is 11.0 Å². The summed E-state index contributed by atoms with van der Waals surface area (Å²) in [6, 6.07) is 80.6. The van der Waals surface area contributed by atoms with Crippen LogP contribution in [0.2, 0.25) is 0 Å². The molecule has 12 aromatic carbocycles. The Balaban J connectivity index is 0.953. The lowest BCUT2D eigenvalue weighted by molar-refractivity contribution is 1.18. The highest BCUT2D eigenvalue weighted by molar-refractivity contribution is 6.33. The van der Waals surface area contributed by atoms with Crippen LogP contribution in [-0.4, -0.2) is 4.57 Å². The topological polar surface area (TPSA) is 8.17 Å². The van der Waals surface area contributed by atoms with Gasteiger partial charge in [-0.1, -0.05) is 152 Å². The first-order chi connectivity index (χ1) is 29.7. The molecule has 0 aliphatic carbocycles. The maximum Gasteiger partial charge on any atom is 0.0553 e. The number of para-hydroxylation sites is 2. The molecule has 278 valence electrons. The molecule has 0 aliphatic heterocycles. The molecule has 0 aliphatic rings. The van der Waals surface area contributed by atoms with Gasteiger partial charge >= 0.3 is 0 Å². The number of rotatable bonds is 5. The SMILES string of the molecule is c1ccc(N(c2ccc3ccccc3c2)c2ccc3c(ccc4cc(-c5ccc6c7c8ccc9cccc%10ccc(cc7n(-c7ccccc7)c6c5)c8c%109)ccc43)c2)cc1. The van der Waals surface area contributed by atoms with E-state index < -0.39 is 0 Å².